The van der Waals surface area contributed by atoms with Crippen molar-refractivity contribution < 1.29 is 32.0 Å². The van der Waals surface area contributed by atoms with Gasteiger partial charge in [-0.05, 0) is 12.1 Å². The zero-order valence-electron chi connectivity index (χ0n) is 11.5. The molecule has 0 aliphatic heterocycles. The summed E-state index contributed by atoms with van der Waals surface area (Å²) in [6, 6.07) is 4.03. The minimum Gasteiger partial charge on any atom is -0.382 e. The number of hydrogen-bond acceptors (Lipinski definition) is 8. The molecule has 0 radical (unpaired) electrons. The number of benzene rings is 1. The second-order valence-electron chi connectivity index (χ2n) is 3.91. The third-order valence-corrected chi connectivity index (χ3v) is 4.67. The highest BCUT2D eigenvalue weighted by Gasteiger charge is 2.15. The molecule has 1 aromatic carbocycles. The maximum Gasteiger partial charge on any atom is 0.310 e. The number of carbonyl (C=O) groups excluding carboxylic acids is 1. The molecule has 130 valence electrons. The Morgan fingerprint density at radius 2 is 2.04 bits per heavy atom. The first-order valence-corrected chi connectivity index (χ1v) is 9.43. The highest BCUT2D eigenvalue weighted by Crippen LogP contribution is 2.32. The molecule has 0 fully saturated rings. The van der Waals surface area contributed by atoms with Crippen molar-refractivity contribution in [2.75, 3.05) is 22.8 Å². The second kappa shape index (κ2) is 10.2. The van der Waals surface area contributed by atoms with Crippen LogP contribution < -0.4 is 9.50 Å². The second-order valence-corrected chi connectivity index (χ2v) is 7.09. The van der Waals surface area contributed by atoms with Crippen molar-refractivity contribution in [3.05, 3.63) is 18.2 Å². The summed E-state index contributed by atoms with van der Waals surface area (Å²) in [5, 5.41) is 14.2. The van der Waals surface area contributed by atoms with Gasteiger partial charge in [-0.3, -0.25) is 4.79 Å². The Labute approximate surface area is 147 Å². The molecule has 0 unspecified atom stereocenters. The molecule has 0 saturated heterocycles. The van der Waals surface area contributed by atoms with Crippen molar-refractivity contribution in [1.82, 2.24) is 0 Å². The first kappa shape index (κ1) is 20.3. The fourth-order valence-corrected chi connectivity index (χ4v) is 3.20. The Balaban J connectivity index is 3.00. The molecule has 23 heavy (non-hydrogen) atoms. The predicted molar refractivity (Wildman–Crippen MR) is 86.2 cm³/mol. The molecule has 2 N–H and O–H groups in total. The standard InChI is InChI=1S/C11H13Cl2NO7S2/c12-4-3-11(15)14-9-7-8(19-23(17,18)6-5-13)1-2-10(9)22-21-20-16/h1-2,7,16H,3-6H2,(H,14,15). The molecule has 0 spiro atoms. The lowest BCUT2D eigenvalue weighted by Crippen LogP contribution is -2.16. The van der Waals surface area contributed by atoms with Crippen LogP contribution in [0.5, 0.6) is 5.75 Å². The van der Waals surface area contributed by atoms with Gasteiger partial charge in [0.15, 0.2) is 0 Å². The van der Waals surface area contributed by atoms with E-state index in [9.17, 15) is 13.2 Å². The highest BCUT2D eigenvalue weighted by atomic mass is 35.5. The SMILES string of the molecule is O=C(CCCl)Nc1cc(OS(=O)(=O)CCCl)ccc1SOOO. The molecule has 1 aromatic rings. The van der Waals surface area contributed by atoms with Gasteiger partial charge >= 0.3 is 10.1 Å². The van der Waals surface area contributed by atoms with Gasteiger partial charge in [0.25, 0.3) is 0 Å². The van der Waals surface area contributed by atoms with Crippen LogP contribution in [-0.4, -0.2) is 37.1 Å². The highest BCUT2D eigenvalue weighted by molar-refractivity contribution is 7.94. The minimum atomic E-state index is -3.84. The third kappa shape index (κ3) is 7.57. The first-order chi connectivity index (χ1) is 10.9. The molecule has 1 rings (SSSR count). The molecule has 0 bridgehead atoms. The third-order valence-electron chi connectivity index (χ3n) is 2.25. The fourth-order valence-electron chi connectivity index (χ4n) is 1.36. The topological polar surface area (TPSA) is 111 Å². The van der Waals surface area contributed by atoms with Crippen molar-refractivity contribution >= 4 is 57.0 Å². The molecule has 8 nitrogen and oxygen atoms in total. The number of hydrogen-bond donors (Lipinski definition) is 2. The summed E-state index contributed by atoms with van der Waals surface area (Å²) in [5.74, 6) is -0.777. The number of halogens is 2. The van der Waals surface area contributed by atoms with E-state index < -0.39 is 16.0 Å². The lowest BCUT2D eigenvalue weighted by molar-refractivity contribution is -0.432. The molecular weight excluding hydrogens is 393 g/mol. The molecule has 0 atom stereocenters. The number of carbonyl (C=O) groups is 1. The van der Waals surface area contributed by atoms with Crippen molar-refractivity contribution in [2.24, 2.45) is 0 Å². The van der Waals surface area contributed by atoms with Gasteiger partial charge in [0.05, 0.1) is 28.4 Å². The smallest absolute Gasteiger partial charge is 0.310 e. The summed E-state index contributed by atoms with van der Waals surface area (Å²) in [5.41, 5.74) is 0.195. The maximum absolute atomic E-state index is 11.6. The Kier molecular flexibility index (Phi) is 8.99. The molecule has 12 heteroatoms. The summed E-state index contributed by atoms with van der Waals surface area (Å²) < 4.78 is 32.4. The predicted octanol–water partition coefficient (Wildman–Crippen LogP) is 2.63. The van der Waals surface area contributed by atoms with E-state index in [0.29, 0.717) is 16.9 Å². The number of anilines is 1. The number of rotatable bonds is 10. The Morgan fingerprint density at radius 1 is 1.30 bits per heavy atom. The van der Waals surface area contributed by atoms with Crippen molar-refractivity contribution in [2.45, 2.75) is 11.3 Å². The van der Waals surface area contributed by atoms with E-state index >= 15 is 0 Å². The Morgan fingerprint density at radius 3 is 2.65 bits per heavy atom. The number of alkyl halides is 2. The molecule has 0 saturated carbocycles. The maximum atomic E-state index is 11.6. The van der Waals surface area contributed by atoms with Crippen LogP contribution >= 0.6 is 35.2 Å². The van der Waals surface area contributed by atoms with E-state index in [4.69, 9.17) is 32.6 Å². The van der Waals surface area contributed by atoms with Crippen LogP contribution in [0, 0.1) is 0 Å². The van der Waals surface area contributed by atoms with E-state index in [2.05, 4.69) is 14.7 Å². The van der Waals surface area contributed by atoms with Crippen LogP contribution in [0.3, 0.4) is 0 Å². The lowest BCUT2D eigenvalue weighted by atomic mass is 10.3. The molecule has 0 aliphatic rings. The number of amides is 1. The van der Waals surface area contributed by atoms with E-state index in [-0.39, 0.29) is 35.4 Å². The van der Waals surface area contributed by atoms with Gasteiger partial charge in [-0.25, -0.2) is 5.26 Å². The van der Waals surface area contributed by atoms with Gasteiger partial charge in [-0.15, -0.1) is 27.5 Å². The van der Waals surface area contributed by atoms with E-state index in [1.54, 1.807) is 0 Å². The summed E-state index contributed by atoms with van der Waals surface area (Å²) in [7, 11) is -3.84. The molecule has 0 aromatic heterocycles. The molecule has 0 aliphatic carbocycles. The molecule has 0 heterocycles. The first-order valence-electron chi connectivity index (χ1n) is 6.04. The van der Waals surface area contributed by atoms with Crippen LogP contribution in [-0.2, 0) is 24.3 Å². The largest absolute Gasteiger partial charge is 0.382 e. The minimum absolute atomic E-state index is 0.0226. The zero-order chi connectivity index (χ0) is 17.3. The van der Waals surface area contributed by atoms with Crippen LogP contribution in [0.2, 0.25) is 0 Å². The Bertz CT molecular complexity index is 627. The average molecular weight is 406 g/mol. The van der Waals surface area contributed by atoms with Gasteiger partial charge in [-0.1, -0.05) is 5.04 Å². The van der Waals surface area contributed by atoms with E-state index in [1.165, 1.54) is 18.2 Å². The van der Waals surface area contributed by atoms with Gasteiger partial charge < -0.3 is 9.50 Å². The van der Waals surface area contributed by atoms with Crippen LogP contribution in [0.4, 0.5) is 5.69 Å². The quantitative estimate of drug-likeness (QED) is 0.201. The van der Waals surface area contributed by atoms with Crippen molar-refractivity contribution in [3.8, 4) is 5.75 Å². The van der Waals surface area contributed by atoms with Crippen LogP contribution in [0.25, 0.3) is 0 Å². The van der Waals surface area contributed by atoms with Gasteiger partial charge in [0.1, 0.15) is 5.75 Å². The van der Waals surface area contributed by atoms with Gasteiger partial charge in [0, 0.05) is 24.2 Å². The van der Waals surface area contributed by atoms with E-state index in [0.717, 1.165) is 0 Å². The summed E-state index contributed by atoms with van der Waals surface area (Å²) in [6.07, 6.45) is 0.0542. The summed E-state index contributed by atoms with van der Waals surface area (Å²) in [4.78, 5) is 12.0. The normalized spacial score (nSPS) is 11.3. The van der Waals surface area contributed by atoms with E-state index in [1.807, 2.05) is 0 Å². The fraction of sp³-hybridized carbons (Fsp3) is 0.364. The summed E-state index contributed by atoms with van der Waals surface area (Å²) >= 11 is 11.5. The number of nitrogens with one attached hydrogen (secondary N) is 1. The van der Waals surface area contributed by atoms with Crippen molar-refractivity contribution in [1.29, 1.82) is 0 Å². The lowest BCUT2D eigenvalue weighted by Gasteiger charge is -2.12. The summed E-state index contributed by atoms with van der Waals surface area (Å²) in [6.45, 7) is 0. The van der Waals surface area contributed by atoms with Crippen LogP contribution in [0.15, 0.2) is 23.1 Å². The molecule has 1 amide bonds. The van der Waals surface area contributed by atoms with Gasteiger partial charge in [0.2, 0.25) is 5.91 Å². The van der Waals surface area contributed by atoms with Crippen molar-refractivity contribution in [3.63, 3.8) is 0 Å². The average Bonchev–Trinajstić information content (AvgIpc) is 2.46. The van der Waals surface area contributed by atoms with Gasteiger partial charge in [-0.2, -0.15) is 8.42 Å². The monoisotopic (exact) mass is 405 g/mol. The van der Waals surface area contributed by atoms with Crippen LogP contribution in [0.1, 0.15) is 6.42 Å². The molecular formula is C11H13Cl2NO7S2. The Hall–Kier alpha value is -0.750. The zero-order valence-corrected chi connectivity index (χ0v) is 14.7.